The Morgan fingerprint density at radius 1 is 1.12 bits per heavy atom. The fourth-order valence-corrected chi connectivity index (χ4v) is 4.50. The number of nitrogens with zero attached hydrogens (tertiary/aromatic N) is 2. The summed E-state index contributed by atoms with van der Waals surface area (Å²) in [7, 11) is -3.52. The highest BCUT2D eigenvalue weighted by Crippen LogP contribution is 2.21. The number of benzene rings is 1. The lowest BCUT2D eigenvalue weighted by Crippen LogP contribution is -2.48. The van der Waals surface area contributed by atoms with Gasteiger partial charge in [0.25, 0.3) is 5.91 Å². The van der Waals surface area contributed by atoms with Crippen LogP contribution in [0.15, 0.2) is 50.4 Å². The number of rotatable bonds is 5. The number of halogens is 1. The van der Waals surface area contributed by atoms with Crippen molar-refractivity contribution in [1.82, 2.24) is 9.21 Å². The number of furan rings is 1. The van der Waals surface area contributed by atoms with Crippen molar-refractivity contribution < 1.29 is 17.6 Å². The normalized spacial score (nSPS) is 16.5. The fourth-order valence-electron chi connectivity index (χ4n) is 2.77. The molecule has 0 unspecified atom stereocenters. The van der Waals surface area contributed by atoms with Gasteiger partial charge in [0, 0.05) is 31.9 Å². The van der Waals surface area contributed by atoms with E-state index >= 15 is 0 Å². The number of piperazine rings is 1. The molecule has 0 atom stereocenters. The Balaban J connectivity index is 1.68. The molecule has 1 aliphatic heterocycles. The fraction of sp³-hybridized carbons (Fsp3) is 0.353. The Bertz CT molecular complexity index is 872. The van der Waals surface area contributed by atoms with Crippen molar-refractivity contribution in [2.75, 3.05) is 38.0 Å². The number of amides is 1. The third-order valence-electron chi connectivity index (χ3n) is 4.33. The first-order valence-corrected chi connectivity index (χ1v) is 10.5. The number of nitrogens with one attached hydrogen (secondary N) is 1. The van der Waals surface area contributed by atoms with Crippen LogP contribution in [-0.4, -0.2) is 56.3 Å². The van der Waals surface area contributed by atoms with Gasteiger partial charge in [0.15, 0.2) is 10.4 Å². The van der Waals surface area contributed by atoms with Gasteiger partial charge in [-0.25, -0.2) is 8.42 Å². The van der Waals surface area contributed by atoms with Crippen LogP contribution < -0.4 is 5.32 Å². The smallest absolute Gasteiger partial charge is 0.291 e. The zero-order valence-electron chi connectivity index (χ0n) is 14.3. The van der Waals surface area contributed by atoms with Gasteiger partial charge in [-0.05, 0) is 58.9 Å². The van der Waals surface area contributed by atoms with E-state index in [2.05, 4.69) is 33.1 Å². The van der Waals surface area contributed by atoms with Crippen LogP contribution in [0, 0.1) is 0 Å². The van der Waals surface area contributed by atoms with E-state index in [1.807, 2.05) is 0 Å². The zero-order valence-corrected chi connectivity index (χ0v) is 16.7. The van der Waals surface area contributed by atoms with Gasteiger partial charge in [-0.2, -0.15) is 4.31 Å². The van der Waals surface area contributed by atoms with Gasteiger partial charge < -0.3 is 14.6 Å². The van der Waals surface area contributed by atoms with Crippen LogP contribution in [-0.2, 0) is 10.0 Å². The average molecular weight is 442 g/mol. The van der Waals surface area contributed by atoms with Crippen LogP contribution >= 0.6 is 15.9 Å². The van der Waals surface area contributed by atoms with E-state index in [4.69, 9.17) is 4.42 Å². The highest BCUT2D eigenvalue weighted by molar-refractivity contribution is 9.10. The van der Waals surface area contributed by atoms with Crippen LogP contribution in [0.1, 0.15) is 17.5 Å². The van der Waals surface area contributed by atoms with Gasteiger partial charge in [-0.15, -0.1) is 0 Å². The summed E-state index contributed by atoms with van der Waals surface area (Å²) in [6.45, 7) is 5.45. The second kappa shape index (κ2) is 7.91. The minimum Gasteiger partial charge on any atom is -0.444 e. The van der Waals surface area contributed by atoms with E-state index in [1.54, 1.807) is 24.3 Å². The molecule has 0 radical (unpaired) electrons. The van der Waals surface area contributed by atoms with Crippen molar-refractivity contribution in [2.45, 2.75) is 11.8 Å². The number of hydrogen-bond acceptors (Lipinski definition) is 5. The molecule has 1 N–H and O–H groups in total. The Hall–Kier alpha value is -1.68. The van der Waals surface area contributed by atoms with Gasteiger partial charge in [0.05, 0.1) is 4.90 Å². The van der Waals surface area contributed by atoms with Gasteiger partial charge in [-0.1, -0.05) is 6.92 Å². The van der Waals surface area contributed by atoms with Crippen LogP contribution in [0.5, 0.6) is 0 Å². The molecule has 1 amide bonds. The molecule has 2 heterocycles. The van der Waals surface area contributed by atoms with Crippen LogP contribution in [0.25, 0.3) is 0 Å². The molecule has 0 saturated carbocycles. The number of hydrogen-bond donors (Lipinski definition) is 1. The van der Waals surface area contributed by atoms with E-state index in [1.165, 1.54) is 16.4 Å². The summed E-state index contributed by atoms with van der Waals surface area (Å²) >= 11 is 3.14. The molecule has 1 aliphatic rings. The molecule has 0 spiro atoms. The van der Waals surface area contributed by atoms with Crippen molar-refractivity contribution >= 4 is 37.5 Å². The summed E-state index contributed by atoms with van der Waals surface area (Å²) in [5.74, 6) is -0.232. The minimum absolute atomic E-state index is 0.169. The van der Waals surface area contributed by atoms with Crippen LogP contribution in [0.4, 0.5) is 5.69 Å². The lowest BCUT2D eigenvalue weighted by Gasteiger charge is -2.33. The largest absolute Gasteiger partial charge is 0.444 e. The molecule has 1 aromatic heterocycles. The number of sulfonamides is 1. The topological polar surface area (TPSA) is 82.9 Å². The molecular weight excluding hydrogens is 422 g/mol. The van der Waals surface area contributed by atoms with Crippen LogP contribution in [0.3, 0.4) is 0 Å². The number of anilines is 1. The van der Waals surface area contributed by atoms with E-state index in [0.29, 0.717) is 23.4 Å². The van der Waals surface area contributed by atoms with Gasteiger partial charge in [0.1, 0.15) is 0 Å². The van der Waals surface area contributed by atoms with E-state index < -0.39 is 15.9 Å². The number of likely N-dealkylation sites (N-methyl/N-ethyl adjacent to an activating group) is 1. The van der Waals surface area contributed by atoms with Crippen molar-refractivity contribution in [1.29, 1.82) is 0 Å². The first-order valence-electron chi connectivity index (χ1n) is 8.29. The van der Waals surface area contributed by atoms with E-state index in [0.717, 1.165) is 19.6 Å². The van der Waals surface area contributed by atoms with Crippen molar-refractivity contribution in [3.05, 3.63) is 46.8 Å². The predicted octanol–water partition coefficient (Wildman–Crippen LogP) is 2.62. The van der Waals surface area contributed by atoms with Gasteiger partial charge >= 0.3 is 0 Å². The van der Waals surface area contributed by atoms with Crippen LogP contribution in [0.2, 0.25) is 0 Å². The van der Waals surface area contributed by atoms with E-state index in [-0.39, 0.29) is 10.7 Å². The second-order valence-corrected chi connectivity index (χ2v) is 8.64. The molecule has 0 aliphatic carbocycles. The van der Waals surface area contributed by atoms with Gasteiger partial charge in [-0.3, -0.25) is 4.79 Å². The standard InChI is InChI=1S/C17H20BrN3O4S/c1-2-20-9-11-21(12-10-20)26(23,24)14-5-3-13(4-6-14)19-17(22)15-7-8-16(18)25-15/h3-8H,2,9-12H2,1H3,(H,19,22). The Labute approximate surface area is 161 Å². The Morgan fingerprint density at radius 2 is 1.77 bits per heavy atom. The average Bonchev–Trinajstić information content (AvgIpc) is 3.09. The molecule has 2 aromatic rings. The number of carbonyl (C=O) groups excluding carboxylic acids is 1. The Kier molecular flexibility index (Phi) is 5.81. The van der Waals surface area contributed by atoms with Gasteiger partial charge in [0.2, 0.25) is 10.0 Å². The SMILES string of the molecule is CCN1CCN(S(=O)(=O)c2ccc(NC(=O)c3ccc(Br)o3)cc2)CC1. The first-order chi connectivity index (χ1) is 12.4. The lowest BCUT2D eigenvalue weighted by atomic mass is 10.3. The molecule has 26 heavy (non-hydrogen) atoms. The zero-order chi connectivity index (χ0) is 18.7. The summed E-state index contributed by atoms with van der Waals surface area (Å²) in [6, 6.07) is 9.34. The third kappa shape index (κ3) is 4.17. The monoisotopic (exact) mass is 441 g/mol. The third-order valence-corrected chi connectivity index (χ3v) is 6.66. The summed E-state index contributed by atoms with van der Waals surface area (Å²) in [4.78, 5) is 14.5. The van der Waals surface area contributed by atoms with Crippen molar-refractivity contribution in [2.24, 2.45) is 0 Å². The van der Waals surface area contributed by atoms with Crippen molar-refractivity contribution in [3.63, 3.8) is 0 Å². The molecule has 0 bridgehead atoms. The predicted molar refractivity (Wildman–Crippen MR) is 102 cm³/mol. The highest BCUT2D eigenvalue weighted by atomic mass is 79.9. The molecule has 7 nitrogen and oxygen atoms in total. The molecule has 9 heteroatoms. The molecular formula is C17H20BrN3O4S. The number of carbonyl (C=O) groups is 1. The summed E-state index contributed by atoms with van der Waals surface area (Å²) in [5.41, 5.74) is 0.497. The maximum atomic E-state index is 12.7. The summed E-state index contributed by atoms with van der Waals surface area (Å²) < 4.78 is 32.6. The first kappa shape index (κ1) is 19.1. The molecule has 3 rings (SSSR count). The summed E-state index contributed by atoms with van der Waals surface area (Å²) in [6.07, 6.45) is 0. The quantitative estimate of drug-likeness (QED) is 0.770. The molecule has 1 fully saturated rings. The second-order valence-electron chi connectivity index (χ2n) is 5.92. The minimum atomic E-state index is -3.52. The Morgan fingerprint density at radius 3 is 2.31 bits per heavy atom. The molecule has 1 aromatic carbocycles. The summed E-state index contributed by atoms with van der Waals surface area (Å²) in [5, 5.41) is 2.67. The maximum absolute atomic E-state index is 12.7. The highest BCUT2D eigenvalue weighted by Gasteiger charge is 2.27. The van der Waals surface area contributed by atoms with E-state index in [9.17, 15) is 13.2 Å². The lowest BCUT2D eigenvalue weighted by molar-refractivity contribution is 0.0995. The molecule has 1 saturated heterocycles. The maximum Gasteiger partial charge on any atom is 0.291 e. The van der Waals surface area contributed by atoms with Crippen molar-refractivity contribution in [3.8, 4) is 0 Å². The molecule has 140 valence electrons.